The van der Waals surface area contributed by atoms with Gasteiger partial charge in [-0.3, -0.25) is 0 Å². The summed E-state index contributed by atoms with van der Waals surface area (Å²) in [5.74, 6) is 0.642. The van der Waals surface area contributed by atoms with Gasteiger partial charge in [-0.2, -0.15) is 4.98 Å². The van der Waals surface area contributed by atoms with Gasteiger partial charge in [0.25, 0.3) is 0 Å². The van der Waals surface area contributed by atoms with E-state index in [4.69, 9.17) is 4.52 Å². The van der Waals surface area contributed by atoms with Crippen LogP contribution in [0.5, 0.6) is 0 Å². The van der Waals surface area contributed by atoms with E-state index < -0.39 is 0 Å². The van der Waals surface area contributed by atoms with Crippen molar-refractivity contribution in [1.29, 1.82) is 0 Å². The number of nitrogens with one attached hydrogen (secondary N) is 1. The van der Waals surface area contributed by atoms with Crippen molar-refractivity contribution in [2.75, 3.05) is 5.32 Å². The molecule has 0 spiro atoms. The van der Waals surface area contributed by atoms with Crippen LogP contribution in [0.1, 0.15) is 22.5 Å². The molecule has 0 amide bonds. The number of anilines is 1. The Morgan fingerprint density at radius 1 is 1.25 bits per heavy atom. The predicted octanol–water partition coefficient (Wildman–Crippen LogP) is 2.61. The summed E-state index contributed by atoms with van der Waals surface area (Å²) in [4.78, 5) is 4.09. The average molecular weight is 217 g/mol. The molecule has 0 radical (unpaired) electrons. The Morgan fingerprint density at radius 3 is 2.75 bits per heavy atom. The summed E-state index contributed by atoms with van der Waals surface area (Å²) >= 11 is 0. The van der Waals surface area contributed by atoms with Crippen molar-refractivity contribution >= 4 is 6.01 Å². The van der Waals surface area contributed by atoms with E-state index in [2.05, 4.69) is 47.5 Å². The van der Waals surface area contributed by atoms with E-state index in [1.165, 1.54) is 16.7 Å². The van der Waals surface area contributed by atoms with Crippen LogP contribution in [0.3, 0.4) is 0 Å². The molecule has 2 rings (SSSR count). The van der Waals surface area contributed by atoms with Gasteiger partial charge in [-0.1, -0.05) is 28.9 Å². The fourth-order valence-corrected chi connectivity index (χ4v) is 1.53. The minimum absolute atomic E-state index is 0.471. The Balaban J connectivity index is 2.07. The van der Waals surface area contributed by atoms with Crippen LogP contribution in [0.2, 0.25) is 0 Å². The molecule has 1 aromatic carbocycles. The van der Waals surface area contributed by atoms with Crippen molar-refractivity contribution in [3.63, 3.8) is 0 Å². The van der Waals surface area contributed by atoms with Crippen LogP contribution in [-0.2, 0) is 6.54 Å². The van der Waals surface area contributed by atoms with Gasteiger partial charge in [0.2, 0.25) is 0 Å². The smallest absolute Gasteiger partial charge is 0.321 e. The number of benzene rings is 1. The normalized spacial score (nSPS) is 10.4. The lowest BCUT2D eigenvalue weighted by molar-refractivity contribution is 0.425. The maximum absolute atomic E-state index is 4.98. The van der Waals surface area contributed by atoms with E-state index in [0.29, 0.717) is 18.4 Å². The summed E-state index contributed by atoms with van der Waals surface area (Å²) in [7, 11) is 0. The van der Waals surface area contributed by atoms with Gasteiger partial charge in [0.15, 0.2) is 5.82 Å². The maximum Gasteiger partial charge on any atom is 0.321 e. The third-order valence-corrected chi connectivity index (χ3v) is 2.46. The van der Waals surface area contributed by atoms with Gasteiger partial charge >= 0.3 is 6.01 Å². The highest BCUT2D eigenvalue weighted by atomic mass is 16.5. The van der Waals surface area contributed by atoms with Gasteiger partial charge < -0.3 is 9.84 Å². The molecule has 0 aliphatic heterocycles. The van der Waals surface area contributed by atoms with E-state index >= 15 is 0 Å². The number of hydrogen-bond donors (Lipinski definition) is 1. The van der Waals surface area contributed by atoms with Gasteiger partial charge in [-0.15, -0.1) is 0 Å². The van der Waals surface area contributed by atoms with Crippen molar-refractivity contribution in [3.05, 3.63) is 40.7 Å². The first-order valence-electron chi connectivity index (χ1n) is 5.25. The lowest BCUT2D eigenvalue weighted by Crippen LogP contribution is -2.01. The van der Waals surface area contributed by atoms with Crippen LogP contribution >= 0.6 is 0 Å². The maximum atomic E-state index is 4.98. The fourth-order valence-electron chi connectivity index (χ4n) is 1.53. The van der Waals surface area contributed by atoms with Crippen LogP contribution in [-0.4, -0.2) is 10.1 Å². The van der Waals surface area contributed by atoms with Gasteiger partial charge in [-0.05, 0) is 31.9 Å². The minimum atomic E-state index is 0.471. The molecular formula is C12H15N3O. The van der Waals surface area contributed by atoms with E-state index in [1.54, 1.807) is 6.92 Å². The highest BCUT2D eigenvalue weighted by Gasteiger charge is 2.03. The monoisotopic (exact) mass is 217 g/mol. The highest BCUT2D eigenvalue weighted by Crippen LogP contribution is 2.12. The molecule has 0 bridgehead atoms. The van der Waals surface area contributed by atoms with E-state index in [0.717, 1.165) is 0 Å². The first-order valence-corrected chi connectivity index (χ1v) is 5.25. The van der Waals surface area contributed by atoms with Crippen molar-refractivity contribution in [2.45, 2.75) is 27.3 Å². The molecule has 0 atom stereocenters. The molecular weight excluding hydrogens is 202 g/mol. The summed E-state index contributed by atoms with van der Waals surface area (Å²) in [6, 6.07) is 6.85. The number of aryl methyl sites for hydroxylation is 3. The second-order valence-electron chi connectivity index (χ2n) is 3.93. The molecule has 1 N–H and O–H groups in total. The van der Waals surface area contributed by atoms with E-state index in [-0.39, 0.29) is 0 Å². The molecule has 4 nitrogen and oxygen atoms in total. The Labute approximate surface area is 94.7 Å². The topological polar surface area (TPSA) is 51.0 Å². The number of rotatable bonds is 3. The van der Waals surface area contributed by atoms with Crippen molar-refractivity contribution in [1.82, 2.24) is 10.1 Å². The van der Waals surface area contributed by atoms with Crippen LogP contribution in [0.4, 0.5) is 6.01 Å². The number of hydrogen-bond acceptors (Lipinski definition) is 4. The van der Waals surface area contributed by atoms with Gasteiger partial charge in [-0.25, -0.2) is 0 Å². The highest BCUT2D eigenvalue weighted by molar-refractivity contribution is 5.33. The Morgan fingerprint density at radius 2 is 2.06 bits per heavy atom. The summed E-state index contributed by atoms with van der Waals surface area (Å²) < 4.78 is 4.98. The molecule has 84 valence electrons. The molecule has 0 aliphatic rings. The van der Waals surface area contributed by atoms with Gasteiger partial charge in [0, 0.05) is 6.54 Å². The number of nitrogens with zero attached hydrogens (tertiary/aromatic N) is 2. The number of aromatic nitrogens is 2. The SMILES string of the molecule is Cc1ccc(C)c(CNc2nc(C)no2)c1. The molecule has 1 heterocycles. The Hall–Kier alpha value is -1.84. The zero-order chi connectivity index (χ0) is 11.5. The van der Waals surface area contributed by atoms with Gasteiger partial charge in [0.05, 0.1) is 0 Å². The molecule has 2 aromatic rings. The predicted molar refractivity (Wildman–Crippen MR) is 62.3 cm³/mol. The molecule has 0 unspecified atom stereocenters. The van der Waals surface area contributed by atoms with E-state index in [9.17, 15) is 0 Å². The summed E-state index contributed by atoms with van der Waals surface area (Å²) in [5, 5.41) is 6.83. The summed E-state index contributed by atoms with van der Waals surface area (Å²) in [5.41, 5.74) is 3.76. The third-order valence-electron chi connectivity index (χ3n) is 2.46. The molecule has 1 aromatic heterocycles. The van der Waals surface area contributed by atoms with Crippen LogP contribution in [0.15, 0.2) is 22.7 Å². The summed E-state index contributed by atoms with van der Waals surface area (Å²) in [6.45, 7) is 6.68. The van der Waals surface area contributed by atoms with Crippen molar-refractivity contribution in [2.24, 2.45) is 0 Å². The average Bonchev–Trinajstić information content (AvgIpc) is 2.66. The van der Waals surface area contributed by atoms with Crippen LogP contribution < -0.4 is 5.32 Å². The first-order chi connectivity index (χ1) is 7.65. The fraction of sp³-hybridized carbons (Fsp3) is 0.333. The Kier molecular flexibility index (Phi) is 2.90. The quantitative estimate of drug-likeness (QED) is 0.858. The molecule has 0 saturated carbocycles. The van der Waals surface area contributed by atoms with Crippen LogP contribution in [0.25, 0.3) is 0 Å². The molecule has 4 heteroatoms. The van der Waals surface area contributed by atoms with Crippen molar-refractivity contribution < 1.29 is 4.52 Å². The second-order valence-corrected chi connectivity index (χ2v) is 3.93. The lowest BCUT2D eigenvalue weighted by atomic mass is 10.1. The third kappa shape index (κ3) is 2.39. The largest absolute Gasteiger partial charge is 0.334 e. The molecule has 0 aliphatic carbocycles. The minimum Gasteiger partial charge on any atom is -0.334 e. The van der Waals surface area contributed by atoms with E-state index in [1.807, 2.05) is 0 Å². The van der Waals surface area contributed by atoms with Gasteiger partial charge in [0.1, 0.15) is 0 Å². The Bertz CT molecular complexity index is 491. The van der Waals surface area contributed by atoms with Crippen LogP contribution in [0, 0.1) is 20.8 Å². The molecule has 0 fully saturated rings. The zero-order valence-electron chi connectivity index (χ0n) is 9.74. The summed E-state index contributed by atoms with van der Waals surface area (Å²) in [6.07, 6.45) is 0. The van der Waals surface area contributed by atoms with Crippen molar-refractivity contribution in [3.8, 4) is 0 Å². The standard InChI is InChI=1S/C12H15N3O/c1-8-4-5-9(2)11(6-8)7-13-12-14-10(3)15-16-12/h4-6H,7H2,1-3H3,(H,13,14,15). The molecule has 0 saturated heterocycles. The second kappa shape index (κ2) is 4.35. The molecule has 16 heavy (non-hydrogen) atoms. The lowest BCUT2D eigenvalue weighted by Gasteiger charge is -2.06. The first kappa shape index (κ1) is 10.7. The zero-order valence-corrected chi connectivity index (χ0v) is 9.74.